The highest BCUT2D eigenvalue weighted by molar-refractivity contribution is 5.72. The number of rotatable bonds is 3. The number of para-hydroxylation sites is 1. The molecule has 0 saturated heterocycles. The van der Waals surface area contributed by atoms with Crippen molar-refractivity contribution in [3.63, 3.8) is 0 Å². The second-order valence-corrected chi connectivity index (χ2v) is 4.33. The van der Waals surface area contributed by atoms with E-state index in [2.05, 4.69) is 10.4 Å². The zero-order valence-electron chi connectivity index (χ0n) is 11.1. The van der Waals surface area contributed by atoms with Crippen LogP contribution in [0.2, 0.25) is 0 Å². The molecule has 1 aromatic carbocycles. The molecule has 2 aromatic rings. The number of nitrogen functional groups attached to an aromatic ring is 1. The molecule has 0 unspecified atom stereocenters. The second kappa shape index (κ2) is 5.07. The number of benzene rings is 1. The van der Waals surface area contributed by atoms with Crippen molar-refractivity contribution in [2.24, 2.45) is 0 Å². The third-order valence-electron chi connectivity index (χ3n) is 2.96. The SMILES string of the molecule is CCn1nc(C)c(N)c1Nc1ccccc1C(F)(F)F. The summed E-state index contributed by atoms with van der Waals surface area (Å²) in [5, 5.41) is 6.91. The Morgan fingerprint density at radius 1 is 1.30 bits per heavy atom. The van der Waals surface area contributed by atoms with Gasteiger partial charge in [-0.1, -0.05) is 12.1 Å². The maximum absolute atomic E-state index is 12.9. The number of nitrogens with two attached hydrogens (primary N) is 1. The van der Waals surface area contributed by atoms with E-state index in [0.29, 0.717) is 23.7 Å². The highest BCUT2D eigenvalue weighted by atomic mass is 19.4. The summed E-state index contributed by atoms with van der Waals surface area (Å²) in [7, 11) is 0. The topological polar surface area (TPSA) is 55.9 Å². The average molecular weight is 284 g/mol. The first kappa shape index (κ1) is 14.2. The third kappa shape index (κ3) is 2.56. The normalized spacial score (nSPS) is 11.7. The Morgan fingerprint density at radius 2 is 1.95 bits per heavy atom. The minimum Gasteiger partial charge on any atom is -0.394 e. The lowest BCUT2D eigenvalue weighted by atomic mass is 10.1. The van der Waals surface area contributed by atoms with Gasteiger partial charge in [-0.25, -0.2) is 4.68 Å². The Balaban J connectivity index is 2.46. The van der Waals surface area contributed by atoms with Crippen LogP contribution in [0.4, 0.5) is 30.4 Å². The molecule has 0 saturated carbocycles. The van der Waals surface area contributed by atoms with Crippen molar-refractivity contribution in [2.75, 3.05) is 11.1 Å². The van der Waals surface area contributed by atoms with E-state index in [1.165, 1.54) is 22.9 Å². The van der Waals surface area contributed by atoms with Crippen molar-refractivity contribution in [1.82, 2.24) is 9.78 Å². The number of aromatic nitrogens is 2. The van der Waals surface area contributed by atoms with E-state index in [-0.39, 0.29) is 5.69 Å². The Morgan fingerprint density at radius 3 is 2.55 bits per heavy atom. The Hall–Kier alpha value is -2.18. The lowest BCUT2D eigenvalue weighted by Gasteiger charge is -2.15. The molecule has 0 amide bonds. The quantitative estimate of drug-likeness (QED) is 0.906. The first-order valence-electron chi connectivity index (χ1n) is 6.10. The number of nitrogens with one attached hydrogen (secondary N) is 1. The molecule has 108 valence electrons. The maximum atomic E-state index is 12.9. The summed E-state index contributed by atoms with van der Waals surface area (Å²) in [6.07, 6.45) is -4.43. The molecule has 0 aliphatic carbocycles. The molecule has 0 radical (unpaired) electrons. The number of nitrogens with zero attached hydrogens (tertiary/aromatic N) is 2. The summed E-state index contributed by atoms with van der Waals surface area (Å²) < 4.78 is 40.4. The molecular formula is C13H15F3N4. The van der Waals surface area contributed by atoms with Gasteiger partial charge in [-0.3, -0.25) is 0 Å². The average Bonchev–Trinajstić information content (AvgIpc) is 2.66. The number of anilines is 3. The molecule has 0 aliphatic heterocycles. The largest absolute Gasteiger partial charge is 0.418 e. The van der Waals surface area contributed by atoms with E-state index in [9.17, 15) is 13.2 Å². The minimum absolute atomic E-state index is 0.0405. The Bertz CT molecular complexity index is 617. The Labute approximate surface area is 114 Å². The van der Waals surface area contributed by atoms with E-state index in [0.717, 1.165) is 6.07 Å². The summed E-state index contributed by atoms with van der Waals surface area (Å²) in [5.41, 5.74) is 6.02. The van der Waals surface area contributed by atoms with Gasteiger partial charge in [0.15, 0.2) is 5.82 Å². The molecule has 0 bridgehead atoms. The molecule has 2 rings (SSSR count). The fraction of sp³-hybridized carbons (Fsp3) is 0.308. The molecule has 1 aromatic heterocycles. The monoisotopic (exact) mass is 284 g/mol. The standard InChI is InChI=1S/C13H15F3N4/c1-3-20-12(11(17)8(2)19-20)18-10-7-5-4-6-9(10)13(14,15)16/h4-7,18H,3,17H2,1-2H3. The molecule has 0 fully saturated rings. The summed E-state index contributed by atoms with van der Waals surface area (Å²) >= 11 is 0. The first-order chi connectivity index (χ1) is 9.34. The number of halogens is 3. The highest BCUT2D eigenvalue weighted by Crippen LogP contribution is 2.37. The van der Waals surface area contributed by atoms with Crippen LogP contribution in [-0.2, 0) is 12.7 Å². The molecule has 0 atom stereocenters. The van der Waals surface area contributed by atoms with Gasteiger partial charge in [0.1, 0.15) is 0 Å². The van der Waals surface area contributed by atoms with Gasteiger partial charge in [-0.05, 0) is 26.0 Å². The zero-order valence-corrected chi connectivity index (χ0v) is 11.1. The van der Waals surface area contributed by atoms with Gasteiger partial charge in [0.05, 0.1) is 22.6 Å². The predicted molar refractivity (Wildman–Crippen MR) is 71.8 cm³/mol. The second-order valence-electron chi connectivity index (χ2n) is 4.33. The van der Waals surface area contributed by atoms with Crippen LogP contribution in [0, 0.1) is 6.92 Å². The molecule has 1 heterocycles. The predicted octanol–water partition coefficient (Wildman–Crippen LogP) is 3.56. The molecule has 0 spiro atoms. The molecule has 20 heavy (non-hydrogen) atoms. The van der Waals surface area contributed by atoms with Crippen molar-refractivity contribution in [3.05, 3.63) is 35.5 Å². The van der Waals surface area contributed by atoms with E-state index in [4.69, 9.17) is 5.73 Å². The van der Waals surface area contributed by atoms with Crippen molar-refractivity contribution < 1.29 is 13.2 Å². The van der Waals surface area contributed by atoms with Gasteiger partial charge < -0.3 is 11.1 Å². The van der Waals surface area contributed by atoms with Crippen LogP contribution in [0.15, 0.2) is 24.3 Å². The van der Waals surface area contributed by atoms with Gasteiger partial charge in [0.2, 0.25) is 0 Å². The maximum Gasteiger partial charge on any atom is 0.418 e. The number of alkyl halides is 3. The van der Waals surface area contributed by atoms with Crippen molar-refractivity contribution in [1.29, 1.82) is 0 Å². The van der Waals surface area contributed by atoms with Crippen molar-refractivity contribution >= 4 is 17.2 Å². The van der Waals surface area contributed by atoms with Crippen molar-refractivity contribution in [3.8, 4) is 0 Å². The van der Waals surface area contributed by atoms with Crippen LogP contribution in [0.25, 0.3) is 0 Å². The van der Waals surface area contributed by atoms with Crippen LogP contribution in [0.1, 0.15) is 18.2 Å². The van der Waals surface area contributed by atoms with Gasteiger partial charge in [0.25, 0.3) is 0 Å². The van der Waals surface area contributed by atoms with Gasteiger partial charge in [-0.15, -0.1) is 0 Å². The smallest absolute Gasteiger partial charge is 0.394 e. The number of aryl methyl sites for hydroxylation is 2. The summed E-state index contributed by atoms with van der Waals surface area (Å²) in [4.78, 5) is 0. The van der Waals surface area contributed by atoms with Gasteiger partial charge in [-0.2, -0.15) is 18.3 Å². The zero-order chi connectivity index (χ0) is 14.9. The van der Waals surface area contributed by atoms with Crippen LogP contribution in [-0.4, -0.2) is 9.78 Å². The highest BCUT2D eigenvalue weighted by Gasteiger charge is 2.33. The van der Waals surface area contributed by atoms with Crippen LogP contribution in [0.5, 0.6) is 0 Å². The molecule has 7 heteroatoms. The molecule has 4 nitrogen and oxygen atoms in total. The summed E-state index contributed by atoms with van der Waals surface area (Å²) in [6, 6.07) is 5.27. The summed E-state index contributed by atoms with van der Waals surface area (Å²) in [5.74, 6) is 0.377. The minimum atomic E-state index is -4.43. The lowest BCUT2D eigenvalue weighted by Crippen LogP contribution is -2.11. The lowest BCUT2D eigenvalue weighted by molar-refractivity contribution is -0.136. The van der Waals surface area contributed by atoms with Crippen LogP contribution >= 0.6 is 0 Å². The number of hydrogen-bond acceptors (Lipinski definition) is 3. The van der Waals surface area contributed by atoms with Gasteiger partial charge >= 0.3 is 6.18 Å². The fourth-order valence-corrected chi connectivity index (χ4v) is 1.92. The Kier molecular flexibility index (Phi) is 3.61. The van der Waals surface area contributed by atoms with Crippen LogP contribution in [0.3, 0.4) is 0 Å². The van der Waals surface area contributed by atoms with E-state index in [1.54, 1.807) is 6.92 Å². The van der Waals surface area contributed by atoms with Crippen molar-refractivity contribution in [2.45, 2.75) is 26.6 Å². The molecular weight excluding hydrogens is 269 g/mol. The number of hydrogen-bond donors (Lipinski definition) is 2. The van der Waals surface area contributed by atoms with E-state index in [1.807, 2.05) is 6.92 Å². The molecule has 0 aliphatic rings. The van der Waals surface area contributed by atoms with E-state index < -0.39 is 11.7 Å². The fourth-order valence-electron chi connectivity index (χ4n) is 1.92. The van der Waals surface area contributed by atoms with Crippen LogP contribution < -0.4 is 11.1 Å². The summed E-state index contributed by atoms with van der Waals surface area (Å²) in [6.45, 7) is 4.06. The van der Waals surface area contributed by atoms with E-state index >= 15 is 0 Å². The third-order valence-corrected chi connectivity index (χ3v) is 2.96. The van der Waals surface area contributed by atoms with Gasteiger partial charge in [0, 0.05) is 6.54 Å². The molecule has 3 N–H and O–H groups in total. The first-order valence-corrected chi connectivity index (χ1v) is 6.10.